The zero-order valence-electron chi connectivity index (χ0n) is 15.6. The van der Waals surface area contributed by atoms with Gasteiger partial charge in [-0.05, 0) is 42.2 Å². The van der Waals surface area contributed by atoms with Crippen LogP contribution in [0.3, 0.4) is 0 Å². The van der Waals surface area contributed by atoms with Crippen molar-refractivity contribution in [1.82, 2.24) is 14.8 Å². The van der Waals surface area contributed by atoms with Crippen molar-refractivity contribution in [3.05, 3.63) is 65.9 Å². The lowest BCUT2D eigenvalue weighted by molar-refractivity contribution is 0.102. The molecule has 0 bridgehead atoms. The molecule has 0 aliphatic rings. The van der Waals surface area contributed by atoms with Gasteiger partial charge >= 0.3 is 0 Å². The van der Waals surface area contributed by atoms with Crippen molar-refractivity contribution in [3.63, 3.8) is 0 Å². The number of hydrogen-bond donors (Lipinski definition) is 0. The molecule has 2 heterocycles. The minimum absolute atomic E-state index is 0.111. The van der Waals surface area contributed by atoms with Crippen LogP contribution in [0, 0.1) is 0 Å². The molecule has 3 aromatic rings. The van der Waals surface area contributed by atoms with E-state index in [0.717, 1.165) is 24.0 Å². The van der Waals surface area contributed by atoms with Gasteiger partial charge in [0.2, 0.25) is 5.82 Å². The number of thioether (sulfide) groups is 1. The molecule has 140 valence electrons. The Kier molecular flexibility index (Phi) is 6.29. The van der Waals surface area contributed by atoms with Gasteiger partial charge < -0.3 is 4.42 Å². The van der Waals surface area contributed by atoms with Crippen molar-refractivity contribution in [2.45, 2.75) is 38.4 Å². The van der Waals surface area contributed by atoms with Gasteiger partial charge in [0.25, 0.3) is 0 Å². The van der Waals surface area contributed by atoms with E-state index in [1.54, 1.807) is 12.3 Å². The van der Waals surface area contributed by atoms with E-state index in [4.69, 9.17) is 4.42 Å². The highest BCUT2D eigenvalue weighted by molar-refractivity contribution is 7.99. The summed E-state index contributed by atoms with van der Waals surface area (Å²) in [4.78, 5) is 12.9. The summed E-state index contributed by atoms with van der Waals surface area (Å²) in [6.07, 6.45) is 5.13. The van der Waals surface area contributed by atoms with Crippen LogP contribution in [0.1, 0.15) is 35.3 Å². The second-order valence-electron chi connectivity index (χ2n) is 6.09. The van der Waals surface area contributed by atoms with E-state index >= 15 is 0 Å². The van der Waals surface area contributed by atoms with Crippen LogP contribution in [0.25, 0.3) is 11.6 Å². The third-order valence-electron chi connectivity index (χ3n) is 4.37. The molecule has 0 unspecified atom stereocenters. The molecule has 0 N–H and O–H groups in total. The molecule has 0 aliphatic carbocycles. The number of Topliss-reactive ketones (excluding diaryl/α,β-unsaturated/α-hetero) is 1. The Balaban J connectivity index is 1.81. The SMILES string of the molecule is C=CCn1c(SCC(=O)c2cc(CC)ccc2CC)nnc1-c1ccco1. The molecule has 0 spiro atoms. The summed E-state index contributed by atoms with van der Waals surface area (Å²) >= 11 is 1.39. The number of nitrogens with zero attached hydrogens (tertiary/aromatic N) is 3. The normalized spacial score (nSPS) is 10.9. The summed E-state index contributed by atoms with van der Waals surface area (Å²) < 4.78 is 7.35. The number of aryl methyl sites for hydroxylation is 2. The Hall–Kier alpha value is -2.60. The Labute approximate surface area is 163 Å². The van der Waals surface area contributed by atoms with Crippen molar-refractivity contribution < 1.29 is 9.21 Å². The molecular weight excluding hydrogens is 358 g/mol. The lowest BCUT2D eigenvalue weighted by Crippen LogP contribution is -2.08. The number of carbonyl (C=O) groups is 1. The minimum atomic E-state index is 0.111. The fourth-order valence-corrected chi connectivity index (χ4v) is 3.73. The molecule has 0 amide bonds. The van der Waals surface area contributed by atoms with Crippen LogP contribution < -0.4 is 0 Å². The van der Waals surface area contributed by atoms with Crippen molar-refractivity contribution in [3.8, 4) is 11.6 Å². The van der Waals surface area contributed by atoms with E-state index < -0.39 is 0 Å². The molecule has 0 fully saturated rings. The van der Waals surface area contributed by atoms with Gasteiger partial charge in [0.15, 0.2) is 16.7 Å². The predicted molar refractivity (Wildman–Crippen MR) is 108 cm³/mol. The third-order valence-corrected chi connectivity index (χ3v) is 5.33. The van der Waals surface area contributed by atoms with Crippen LogP contribution in [-0.2, 0) is 19.4 Å². The van der Waals surface area contributed by atoms with E-state index in [1.807, 2.05) is 22.8 Å². The third kappa shape index (κ3) is 4.22. The highest BCUT2D eigenvalue weighted by Gasteiger charge is 2.18. The highest BCUT2D eigenvalue weighted by Crippen LogP contribution is 2.25. The fraction of sp³-hybridized carbons (Fsp3) is 0.286. The molecule has 27 heavy (non-hydrogen) atoms. The molecule has 1 aromatic carbocycles. The minimum Gasteiger partial charge on any atom is -0.461 e. The van der Waals surface area contributed by atoms with Crippen LogP contribution in [0.4, 0.5) is 0 Å². The number of ketones is 1. The second kappa shape index (κ2) is 8.86. The maximum atomic E-state index is 12.9. The fourth-order valence-electron chi connectivity index (χ4n) is 2.90. The number of furan rings is 1. The van der Waals surface area contributed by atoms with E-state index in [-0.39, 0.29) is 5.78 Å². The van der Waals surface area contributed by atoms with Crippen LogP contribution in [-0.4, -0.2) is 26.3 Å². The quantitative estimate of drug-likeness (QED) is 0.302. The molecule has 6 heteroatoms. The first-order valence-electron chi connectivity index (χ1n) is 9.03. The van der Waals surface area contributed by atoms with Crippen molar-refractivity contribution >= 4 is 17.5 Å². The average molecular weight is 382 g/mol. The first-order valence-corrected chi connectivity index (χ1v) is 10.0. The van der Waals surface area contributed by atoms with E-state index in [0.29, 0.717) is 29.0 Å². The second-order valence-corrected chi connectivity index (χ2v) is 7.04. The highest BCUT2D eigenvalue weighted by atomic mass is 32.2. The van der Waals surface area contributed by atoms with E-state index in [9.17, 15) is 4.79 Å². The molecule has 0 aliphatic heterocycles. The van der Waals surface area contributed by atoms with Gasteiger partial charge in [-0.15, -0.1) is 16.8 Å². The van der Waals surface area contributed by atoms with Gasteiger partial charge in [0.05, 0.1) is 12.0 Å². The summed E-state index contributed by atoms with van der Waals surface area (Å²) in [6, 6.07) is 9.83. The summed E-state index contributed by atoms with van der Waals surface area (Å²) in [6.45, 7) is 8.51. The first-order chi connectivity index (χ1) is 13.2. The number of benzene rings is 1. The van der Waals surface area contributed by atoms with Crippen LogP contribution in [0.5, 0.6) is 0 Å². The summed E-state index contributed by atoms with van der Waals surface area (Å²) in [5, 5.41) is 9.16. The molecule has 0 saturated carbocycles. The van der Waals surface area contributed by atoms with Crippen molar-refractivity contribution in [1.29, 1.82) is 0 Å². The van der Waals surface area contributed by atoms with Gasteiger partial charge in [-0.3, -0.25) is 9.36 Å². The summed E-state index contributed by atoms with van der Waals surface area (Å²) in [5.41, 5.74) is 3.07. The molecule has 0 saturated heterocycles. The average Bonchev–Trinajstić information content (AvgIpc) is 3.35. The van der Waals surface area contributed by atoms with E-state index in [1.165, 1.54) is 17.3 Å². The molecule has 0 atom stereocenters. The number of carbonyl (C=O) groups excluding carboxylic acids is 1. The van der Waals surface area contributed by atoms with Crippen molar-refractivity contribution in [2.24, 2.45) is 0 Å². The van der Waals surface area contributed by atoms with Crippen LogP contribution >= 0.6 is 11.8 Å². The standard InChI is InChI=1S/C21H23N3O2S/c1-4-11-24-20(19-8-7-12-26-19)22-23-21(24)27-14-18(25)17-13-15(5-2)9-10-16(17)6-3/h4,7-10,12-13H,1,5-6,11,14H2,2-3H3. The molecule has 3 rings (SSSR count). The van der Waals surface area contributed by atoms with Gasteiger partial charge in [-0.1, -0.05) is 43.8 Å². The van der Waals surface area contributed by atoms with Gasteiger partial charge in [-0.25, -0.2) is 0 Å². The Morgan fingerprint density at radius 1 is 1.26 bits per heavy atom. The molecule has 0 radical (unpaired) electrons. The monoisotopic (exact) mass is 381 g/mol. The number of aromatic nitrogens is 3. The predicted octanol–water partition coefficient (Wildman–Crippen LogP) is 4.82. The maximum absolute atomic E-state index is 12.9. The maximum Gasteiger partial charge on any atom is 0.200 e. The first kappa shape index (κ1) is 19.2. The Morgan fingerprint density at radius 2 is 2.11 bits per heavy atom. The Morgan fingerprint density at radius 3 is 2.78 bits per heavy atom. The Bertz CT molecular complexity index is 929. The zero-order chi connectivity index (χ0) is 19.2. The molecular formula is C21H23N3O2S. The number of rotatable bonds is 9. The van der Waals surface area contributed by atoms with E-state index in [2.05, 4.69) is 42.8 Å². The van der Waals surface area contributed by atoms with Crippen LogP contribution in [0.15, 0.2) is 58.8 Å². The topological polar surface area (TPSA) is 60.9 Å². The van der Waals surface area contributed by atoms with Gasteiger partial charge in [0.1, 0.15) is 0 Å². The number of hydrogen-bond acceptors (Lipinski definition) is 5. The smallest absolute Gasteiger partial charge is 0.200 e. The number of allylic oxidation sites excluding steroid dienone is 1. The van der Waals surface area contributed by atoms with Gasteiger partial charge in [0, 0.05) is 12.1 Å². The lowest BCUT2D eigenvalue weighted by atomic mass is 9.98. The lowest BCUT2D eigenvalue weighted by Gasteiger charge is -2.10. The zero-order valence-corrected chi connectivity index (χ0v) is 16.5. The summed E-state index contributed by atoms with van der Waals surface area (Å²) in [5.74, 6) is 1.71. The molecule has 2 aromatic heterocycles. The van der Waals surface area contributed by atoms with Crippen LogP contribution in [0.2, 0.25) is 0 Å². The molecule has 5 nitrogen and oxygen atoms in total. The van der Waals surface area contributed by atoms with Crippen molar-refractivity contribution in [2.75, 3.05) is 5.75 Å². The van der Waals surface area contributed by atoms with Gasteiger partial charge in [-0.2, -0.15) is 0 Å². The summed E-state index contributed by atoms with van der Waals surface area (Å²) in [7, 11) is 0. The largest absolute Gasteiger partial charge is 0.461 e.